The average molecular weight is 244 g/mol. The highest BCUT2D eigenvalue weighted by molar-refractivity contribution is 5.96. The standard InChI is InChI=1S/C15H20N2O/c1-8-7-13(9(2)6-12(8)16)17-15(18)14-10-4-3-5-11(10)14/h6-7,10-11,14H,3-5,16H2,1-2H3,(H,17,18). The zero-order valence-corrected chi connectivity index (χ0v) is 11.0. The van der Waals surface area contributed by atoms with Crippen LogP contribution < -0.4 is 11.1 Å². The molecular weight excluding hydrogens is 224 g/mol. The van der Waals surface area contributed by atoms with Crippen LogP contribution in [0.4, 0.5) is 11.4 Å². The van der Waals surface area contributed by atoms with Crippen LogP contribution in [0.25, 0.3) is 0 Å². The molecule has 2 aliphatic carbocycles. The Hall–Kier alpha value is -1.51. The van der Waals surface area contributed by atoms with Gasteiger partial charge in [0.2, 0.25) is 5.91 Å². The normalized spacial score (nSPS) is 28.9. The second kappa shape index (κ2) is 4.01. The third kappa shape index (κ3) is 1.78. The van der Waals surface area contributed by atoms with Gasteiger partial charge in [-0.3, -0.25) is 4.79 Å². The maximum absolute atomic E-state index is 12.2. The molecule has 3 rings (SSSR count). The van der Waals surface area contributed by atoms with Gasteiger partial charge in [-0.05, 0) is 61.8 Å². The number of hydrogen-bond donors (Lipinski definition) is 2. The van der Waals surface area contributed by atoms with Crippen LogP contribution in [0.2, 0.25) is 0 Å². The number of nitrogens with two attached hydrogens (primary N) is 1. The van der Waals surface area contributed by atoms with Gasteiger partial charge in [0.1, 0.15) is 0 Å². The Bertz CT molecular complexity index is 499. The fourth-order valence-electron chi connectivity index (χ4n) is 3.40. The molecule has 0 spiro atoms. The van der Waals surface area contributed by atoms with E-state index in [0.717, 1.165) is 22.5 Å². The van der Waals surface area contributed by atoms with E-state index >= 15 is 0 Å². The van der Waals surface area contributed by atoms with Crippen molar-refractivity contribution in [1.82, 2.24) is 0 Å². The largest absolute Gasteiger partial charge is 0.399 e. The van der Waals surface area contributed by atoms with Crippen LogP contribution in [0.3, 0.4) is 0 Å². The first kappa shape index (κ1) is 11.6. The van der Waals surface area contributed by atoms with E-state index in [9.17, 15) is 4.79 Å². The summed E-state index contributed by atoms with van der Waals surface area (Å²) in [5.41, 5.74) is 9.61. The Balaban J connectivity index is 1.73. The topological polar surface area (TPSA) is 55.1 Å². The molecule has 3 heteroatoms. The molecule has 2 atom stereocenters. The summed E-state index contributed by atoms with van der Waals surface area (Å²) in [5, 5.41) is 3.07. The van der Waals surface area contributed by atoms with Gasteiger partial charge >= 0.3 is 0 Å². The van der Waals surface area contributed by atoms with Gasteiger partial charge in [0.15, 0.2) is 0 Å². The zero-order valence-electron chi connectivity index (χ0n) is 11.0. The van der Waals surface area contributed by atoms with E-state index < -0.39 is 0 Å². The molecule has 96 valence electrons. The monoisotopic (exact) mass is 244 g/mol. The van der Waals surface area contributed by atoms with E-state index in [0.29, 0.717) is 11.8 Å². The van der Waals surface area contributed by atoms with E-state index in [-0.39, 0.29) is 11.8 Å². The van der Waals surface area contributed by atoms with Crippen molar-refractivity contribution in [2.75, 3.05) is 11.1 Å². The second-order valence-electron chi connectivity index (χ2n) is 5.80. The smallest absolute Gasteiger partial charge is 0.228 e. The first-order valence-corrected chi connectivity index (χ1v) is 6.75. The molecule has 2 fully saturated rings. The fourth-order valence-corrected chi connectivity index (χ4v) is 3.40. The highest BCUT2D eigenvalue weighted by atomic mass is 16.2. The number of hydrogen-bond acceptors (Lipinski definition) is 2. The van der Waals surface area contributed by atoms with Crippen molar-refractivity contribution in [2.24, 2.45) is 17.8 Å². The van der Waals surface area contributed by atoms with Gasteiger partial charge in [-0.1, -0.05) is 6.42 Å². The average Bonchev–Trinajstić information content (AvgIpc) is 2.80. The van der Waals surface area contributed by atoms with Crippen molar-refractivity contribution in [3.05, 3.63) is 23.3 Å². The minimum absolute atomic E-state index is 0.206. The highest BCUT2D eigenvalue weighted by Gasteiger charge is 2.56. The predicted octanol–water partition coefficient (Wildman–Crippen LogP) is 2.87. The molecule has 1 amide bonds. The minimum atomic E-state index is 0.206. The maximum Gasteiger partial charge on any atom is 0.228 e. The van der Waals surface area contributed by atoms with Crippen molar-refractivity contribution in [2.45, 2.75) is 33.1 Å². The highest BCUT2D eigenvalue weighted by Crippen LogP contribution is 2.57. The number of amides is 1. The molecule has 0 bridgehead atoms. The molecule has 2 saturated carbocycles. The van der Waals surface area contributed by atoms with Gasteiger partial charge in [-0.2, -0.15) is 0 Å². The molecule has 1 aromatic carbocycles. The van der Waals surface area contributed by atoms with Crippen molar-refractivity contribution in [3.8, 4) is 0 Å². The molecule has 2 aliphatic rings. The van der Waals surface area contributed by atoms with E-state index in [1.807, 2.05) is 26.0 Å². The molecule has 2 unspecified atom stereocenters. The number of rotatable bonds is 2. The lowest BCUT2D eigenvalue weighted by Gasteiger charge is -2.12. The quantitative estimate of drug-likeness (QED) is 0.786. The number of nitrogen functional groups attached to an aromatic ring is 1. The lowest BCUT2D eigenvalue weighted by Crippen LogP contribution is -2.17. The summed E-state index contributed by atoms with van der Waals surface area (Å²) in [6.45, 7) is 3.95. The van der Waals surface area contributed by atoms with Gasteiger partial charge in [-0.15, -0.1) is 0 Å². The molecule has 1 aromatic rings. The lowest BCUT2D eigenvalue weighted by molar-refractivity contribution is -0.118. The van der Waals surface area contributed by atoms with Crippen LogP contribution in [-0.4, -0.2) is 5.91 Å². The summed E-state index contributed by atoms with van der Waals surface area (Å²) < 4.78 is 0. The van der Waals surface area contributed by atoms with Gasteiger partial charge < -0.3 is 11.1 Å². The van der Waals surface area contributed by atoms with Crippen LogP contribution in [-0.2, 0) is 4.79 Å². The molecule has 0 aromatic heterocycles. The lowest BCUT2D eigenvalue weighted by atomic mass is 10.1. The Morgan fingerprint density at radius 1 is 1.22 bits per heavy atom. The van der Waals surface area contributed by atoms with Crippen LogP contribution in [0, 0.1) is 31.6 Å². The summed E-state index contributed by atoms with van der Waals surface area (Å²) in [5.74, 6) is 1.81. The third-order valence-electron chi connectivity index (χ3n) is 4.58. The van der Waals surface area contributed by atoms with E-state index in [2.05, 4.69) is 5.32 Å². The Labute approximate surface area is 108 Å². The third-order valence-corrected chi connectivity index (χ3v) is 4.58. The van der Waals surface area contributed by atoms with E-state index in [1.54, 1.807) is 0 Å². The molecule has 0 saturated heterocycles. The van der Waals surface area contributed by atoms with Gasteiger partial charge in [0.05, 0.1) is 0 Å². The SMILES string of the molecule is Cc1cc(NC(=O)C2C3CCCC32)c(C)cc1N. The number of benzene rings is 1. The fraction of sp³-hybridized carbons (Fsp3) is 0.533. The second-order valence-corrected chi connectivity index (χ2v) is 5.80. The van der Waals surface area contributed by atoms with Crippen molar-refractivity contribution in [1.29, 1.82) is 0 Å². The maximum atomic E-state index is 12.2. The van der Waals surface area contributed by atoms with Crippen LogP contribution in [0.1, 0.15) is 30.4 Å². The molecule has 18 heavy (non-hydrogen) atoms. The van der Waals surface area contributed by atoms with Gasteiger partial charge in [0.25, 0.3) is 0 Å². The Kier molecular flexibility index (Phi) is 2.58. The van der Waals surface area contributed by atoms with E-state index in [4.69, 9.17) is 5.73 Å². The first-order chi connectivity index (χ1) is 8.58. The van der Waals surface area contributed by atoms with E-state index in [1.165, 1.54) is 19.3 Å². The van der Waals surface area contributed by atoms with Crippen molar-refractivity contribution in [3.63, 3.8) is 0 Å². The number of nitrogens with one attached hydrogen (secondary N) is 1. The molecule has 3 N–H and O–H groups in total. The molecule has 0 radical (unpaired) electrons. The molecular formula is C15H20N2O. The first-order valence-electron chi connectivity index (χ1n) is 6.75. The summed E-state index contributed by atoms with van der Waals surface area (Å²) in [4.78, 5) is 12.2. The number of fused-ring (bicyclic) bond motifs is 1. The van der Waals surface area contributed by atoms with Crippen molar-refractivity contribution >= 4 is 17.3 Å². The number of anilines is 2. The summed E-state index contributed by atoms with van der Waals surface area (Å²) in [6, 6.07) is 3.90. The number of carbonyl (C=O) groups excluding carboxylic acids is 1. The molecule has 3 nitrogen and oxygen atoms in total. The Morgan fingerprint density at radius 3 is 2.56 bits per heavy atom. The zero-order chi connectivity index (χ0) is 12.9. The molecule has 0 heterocycles. The number of carbonyl (C=O) groups is 1. The summed E-state index contributed by atoms with van der Waals surface area (Å²) in [7, 11) is 0. The summed E-state index contributed by atoms with van der Waals surface area (Å²) >= 11 is 0. The van der Waals surface area contributed by atoms with Crippen LogP contribution in [0.15, 0.2) is 12.1 Å². The van der Waals surface area contributed by atoms with Crippen LogP contribution in [0.5, 0.6) is 0 Å². The van der Waals surface area contributed by atoms with Crippen molar-refractivity contribution < 1.29 is 4.79 Å². The predicted molar refractivity (Wildman–Crippen MR) is 73.3 cm³/mol. The van der Waals surface area contributed by atoms with Gasteiger partial charge in [0, 0.05) is 17.3 Å². The van der Waals surface area contributed by atoms with Crippen LogP contribution >= 0.6 is 0 Å². The minimum Gasteiger partial charge on any atom is -0.399 e. The summed E-state index contributed by atoms with van der Waals surface area (Å²) in [6.07, 6.45) is 3.78. The molecule has 0 aliphatic heterocycles. The Morgan fingerprint density at radius 2 is 1.89 bits per heavy atom. The van der Waals surface area contributed by atoms with Gasteiger partial charge in [-0.25, -0.2) is 0 Å². The number of aryl methyl sites for hydroxylation is 2.